The van der Waals surface area contributed by atoms with Gasteiger partial charge in [0, 0.05) is 28.2 Å². The number of carbonyl (C=O) groups is 1. The zero-order chi connectivity index (χ0) is 19.8. The topological polar surface area (TPSA) is 71.3 Å². The summed E-state index contributed by atoms with van der Waals surface area (Å²) < 4.78 is 1.48. The molecule has 0 bridgehead atoms. The Hall–Kier alpha value is -2.92. The maximum Gasteiger partial charge on any atom is 0.258 e. The number of hydrogen-bond acceptors (Lipinski definition) is 3. The molecule has 0 aliphatic heterocycles. The maximum atomic E-state index is 12.8. The summed E-state index contributed by atoms with van der Waals surface area (Å²) in [6.07, 6.45) is 1.65. The molecule has 0 atom stereocenters. The molecule has 3 rings (SSSR count). The summed E-state index contributed by atoms with van der Waals surface area (Å²) in [5.41, 5.74) is 1.92. The third-order valence-corrected chi connectivity index (χ3v) is 4.46. The van der Waals surface area contributed by atoms with Crippen LogP contribution in [0.2, 0.25) is 0 Å². The molecular weight excluding hydrogens is 340 g/mol. The summed E-state index contributed by atoms with van der Waals surface area (Å²) in [6.45, 7) is 7.35. The van der Waals surface area contributed by atoms with Crippen molar-refractivity contribution in [3.05, 3.63) is 75.7 Å². The molecule has 0 aliphatic rings. The van der Waals surface area contributed by atoms with E-state index in [1.807, 2.05) is 32.0 Å². The number of nitrogens with zero attached hydrogens (tertiary/aromatic N) is 1. The lowest BCUT2D eigenvalue weighted by atomic mass is 10.0. The molecule has 5 heteroatoms. The number of carbonyl (C=O) groups excluding carboxylic acids is 1. The van der Waals surface area contributed by atoms with E-state index in [0.29, 0.717) is 22.0 Å². The molecule has 0 unspecified atom stereocenters. The number of aryl methyl sites for hydroxylation is 2. The lowest BCUT2D eigenvalue weighted by Gasteiger charge is -2.19. The Morgan fingerprint density at radius 1 is 1.11 bits per heavy atom. The van der Waals surface area contributed by atoms with Gasteiger partial charge in [0.1, 0.15) is 0 Å². The number of rotatable bonds is 4. The number of nitrogens with one attached hydrogen (secondary N) is 1. The predicted octanol–water partition coefficient (Wildman–Crippen LogP) is 3.64. The molecule has 0 aliphatic carbocycles. The summed E-state index contributed by atoms with van der Waals surface area (Å²) >= 11 is 0. The zero-order valence-corrected chi connectivity index (χ0v) is 16.0. The van der Waals surface area contributed by atoms with Crippen LogP contribution >= 0.6 is 0 Å². The summed E-state index contributed by atoms with van der Waals surface area (Å²) in [6, 6.07) is 12.8. The average Bonchev–Trinajstić information content (AvgIpc) is 2.59. The molecule has 0 radical (unpaired) electrons. The van der Waals surface area contributed by atoms with Crippen LogP contribution in [0.5, 0.6) is 0 Å². The second kappa shape index (κ2) is 7.00. The first-order chi connectivity index (χ1) is 12.7. The molecule has 1 heterocycles. The second-order valence-electron chi connectivity index (χ2n) is 7.60. The molecule has 2 aromatic carbocycles. The minimum absolute atomic E-state index is 0.195. The first-order valence-corrected chi connectivity index (χ1v) is 8.89. The van der Waals surface area contributed by atoms with Gasteiger partial charge in [0.15, 0.2) is 0 Å². The van der Waals surface area contributed by atoms with Crippen LogP contribution in [-0.2, 0) is 6.54 Å². The fourth-order valence-electron chi connectivity index (χ4n) is 3.14. The van der Waals surface area contributed by atoms with Gasteiger partial charge in [0.25, 0.3) is 11.5 Å². The Labute approximate surface area is 158 Å². The van der Waals surface area contributed by atoms with Crippen LogP contribution in [0.15, 0.2) is 53.5 Å². The second-order valence-corrected chi connectivity index (χ2v) is 7.60. The van der Waals surface area contributed by atoms with Crippen molar-refractivity contribution in [2.75, 3.05) is 5.32 Å². The van der Waals surface area contributed by atoms with Crippen molar-refractivity contribution in [3.63, 3.8) is 0 Å². The molecule has 1 amide bonds. The largest absolute Gasteiger partial charge is 0.389 e. The summed E-state index contributed by atoms with van der Waals surface area (Å²) in [5, 5.41) is 14.1. The molecular formula is C22H24N2O3. The van der Waals surface area contributed by atoms with E-state index in [1.54, 1.807) is 44.3 Å². The van der Waals surface area contributed by atoms with E-state index >= 15 is 0 Å². The maximum absolute atomic E-state index is 12.8. The van der Waals surface area contributed by atoms with Crippen molar-refractivity contribution < 1.29 is 9.90 Å². The van der Waals surface area contributed by atoms with Crippen LogP contribution in [0.25, 0.3) is 10.8 Å². The van der Waals surface area contributed by atoms with Gasteiger partial charge in [-0.05, 0) is 57.5 Å². The Morgan fingerprint density at radius 3 is 2.56 bits per heavy atom. The number of aromatic nitrogens is 1. The minimum Gasteiger partial charge on any atom is -0.389 e. The summed E-state index contributed by atoms with van der Waals surface area (Å²) in [4.78, 5) is 25.5. The lowest BCUT2D eigenvalue weighted by molar-refractivity contribution is 0.0606. The van der Waals surface area contributed by atoms with Gasteiger partial charge in [0.2, 0.25) is 0 Å². The van der Waals surface area contributed by atoms with Gasteiger partial charge in [-0.25, -0.2) is 0 Å². The molecule has 27 heavy (non-hydrogen) atoms. The highest BCUT2D eigenvalue weighted by Crippen LogP contribution is 2.22. The Bertz CT molecular complexity index is 1080. The quantitative estimate of drug-likeness (QED) is 0.742. The van der Waals surface area contributed by atoms with E-state index in [-0.39, 0.29) is 18.0 Å². The van der Waals surface area contributed by atoms with Gasteiger partial charge in [-0.2, -0.15) is 0 Å². The summed E-state index contributed by atoms with van der Waals surface area (Å²) in [7, 11) is 0. The van der Waals surface area contributed by atoms with E-state index in [4.69, 9.17) is 0 Å². The van der Waals surface area contributed by atoms with Crippen LogP contribution < -0.4 is 10.9 Å². The Morgan fingerprint density at radius 2 is 1.85 bits per heavy atom. The van der Waals surface area contributed by atoms with Gasteiger partial charge in [-0.3, -0.25) is 9.59 Å². The standard InChI is InChI=1S/C22H24N2O3/c1-14-8-9-15(2)18(12-14)20(25)23-19-7-5-6-17-16(19)10-11-24(21(17)26)13-22(3,4)27/h5-12,27H,13H2,1-4H3,(H,23,25). The number of pyridine rings is 1. The lowest BCUT2D eigenvalue weighted by Crippen LogP contribution is -2.32. The summed E-state index contributed by atoms with van der Waals surface area (Å²) in [5.74, 6) is -0.204. The van der Waals surface area contributed by atoms with Crippen LogP contribution in [0, 0.1) is 13.8 Å². The zero-order valence-electron chi connectivity index (χ0n) is 16.0. The van der Waals surface area contributed by atoms with Gasteiger partial charge >= 0.3 is 0 Å². The van der Waals surface area contributed by atoms with Crippen molar-refractivity contribution in [3.8, 4) is 0 Å². The first-order valence-electron chi connectivity index (χ1n) is 8.89. The smallest absolute Gasteiger partial charge is 0.258 e. The Balaban J connectivity index is 2.01. The monoisotopic (exact) mass is 364 g/mol. The van der Waals surface area contributed by atoms with E-state index in [2.05, 4.69) is 5.32 Å². The minimum atomic E-state index is -0.994. The number of fused-ring (bicyclic) bond motifs is 1. The van der Waals surface area contributed by atoms with E-state index < -0.39 is 5.60 Å². The van der Waals surface area contributed by atoms with Crippen molar-refractivity contribution in [1.29, 1.82) is 0 Å². The number of aliphatic hydroxyl groups is 1. The first kappa shape index (κ1) is 18.9. The third-order valence-electron chi connectivity index (χ3n) is 4.46. The van der Waals surface area contributed by atoms with E-state index in [1.165, 1.54) is 4.57 Å². The molecule has 2 N–H and O–H groups in total. The highest BCUT2D eigenvalue weighted by molar-refractivity contribution is 6.09. The molecule has 0 fully saturated rings. The van der Waals surface area contributed by atoms with E-state index in [9.17, 15) is 14.7 Å². The van der Waals surface area contributed by atoms with Crippen LogP contribution in [0.3, 0.4) is 0 Å². The fraction of sp³-hybridized carbons (Fsp3) is 0.273. The molecule has 0 saturated heterocycles. The number of benzene rings is 2. The molecule has 0 saturated carbocycles. The highest BCUT2D eigenvalue weighted by Gasteiger charge is 2.16. The van der Waals surface area contributed by atoms with Gasteiger partial charge in [-0.1, -0.05) is 23.8 Å². The van der Waals surface area contributed by atoms with Crippen molar-refractivity contribution in [2.24, 2.45) is 0 Å². The number of anilines is 1. The van der Waals surface area contributed by atoms with E-state index in [0.717, 1.165) is 11.1 Å². The third kappa shape index (κ3) is 4.09. The normalized spacial score (nSPS) is 11.6. The average molecular weight is 364 g/mol. The highest BCUT2D eigenvalue weighted by atomic mass is 16.3. The number of amides is 1. The predicted molar refractivity (Wildman–Crippen MR) is 108 cm³/mol. The number of hydrogen-bond donors (Lipinski definition) is 2. The van der Waals surface area contributed by atoms with Crippen LogP contribution in [0.4, 0.5) is 5.69 Å². The fourth-order valence-corrected chi connectivity index (χ4v) is 3.14. The van der Waals surface area contributed by atoms with Gasteiger partial charge in [-0.15, -0.1) is 0 Å². The van der Waals surface area contributed by atoms with Gasteiger partial charge in [0.05, 0.1) is 12.1 Å². The van der Waals surface area contributed by atoms with Gasteiger partial charge < -0.3 is 15.0 Å². The Kier molecular flexibility index (Phi) is 4.89. The van der Waals surface area contributed by atoms with Crippen LogP contribution in [0.1, 0.15) is 35.3 Å². The molecule has 0 spiro atoms. The SMILES string of the molecule is Cc1ccc(C)c(C(=O)Nc2cccc3c(=O)n(CC(C)(C)O)ccc23)c1. The van der Waals surface area contributed by atoms with Crippen LogP contribution in [-0.4, -0.2) is 21.2 Å². The molecule has 5 nitrogen and oxygen atoms in total. The molecule has 3 aromatic rings. The van der Waals surface area contributed by atoms with Crippen molar-refractivity contribution >= 4 is 22.4 Å². The molecule has 1 aromatic heterocycles. The van der Waals surface area contributed by atoms with Crippen molar-refractivity contribution in [1.82, 2.24) is 4.57 Å². The van der Waals surface area contributed by atoms with Crippen molar-refractivity contribution in [2.45, 2.75) is 39.8 Å². The molecule has 140 valence electrons.